The first-order valence-corrected chi connectivity index (χ1v) is 8.57. The van der Waals surface area contributed by atoms with E-state index in [-0.39, 0.29) is 5.75 Å². The Kier molecular flexibility index (Phi) is 3.98. The van der Waals surface area contributed by atoms with Gasteiger partial charge in [0.2, 0.25) is 10.0 Å². The largest absolute Gasteiger partial charge is 0.213 e. The first-order valence-electron chi connectivity index (χ1n) is 6.91. The highest BCUT2D eigenvalue weighted by molar-refractivity contribution is 7.89. The van der Waals surface area contributed by atoms with Crippen LogP contribution in [-0.2, 0) is 10.0 Å². The topological polar surface area (TPSA) is 70.0 Å². The summed E-state index contributed by atoms with van der Waals surface area (Å²) < 4.78 is 26.7. The number of nitrogens with zero attached hydrogens (tertiary/aromatic N) is 1. The van der Waals surface area contributed by atoms with Gasteiger partial charge in [0.05, 0.1) is 11.8 Å². The van der Waals surface area contributed by atoms with Gasteiger partial charge in [-0.3, -0.25) is 0 Å². The summed E-state index contributed by atoms with van der Waals surface area (Å²) in [5, 5.41) is 9.34. The van der Waals surface area contributed by atoms with E-state index in [1.165, 1.54) is 0 Å². The van der Waals surface area contributed by atoms with Crippen molar-refractivity contribution in [2.45, 2.75) is 57.4 Å². The van der Waals surface area contributed by atoms with Gasteiger partial charge in [-0.05, 0) is 50.4 Å². The summed E-state index contributed by atoms with van der Waals surface area (Å²) in [6.07, 6.45) is 6.37. The standard InChI is InChI=1S/C13H22N2O2S/c1-2-11-5-7-13(10-14,8-6-11)15-18(16,17)9-12-3-4-12/h11-12,15H,2-9H2,1H3. The maximum absolute atomic E-state index is 12.0. The Morgan fingerprint density at radius 3 is 2.28 bits per heavy atom. The number of rotatable bonds is 5. The third kappa shape index (κ3) is 3.46. The molecule has 0 amide bonds. The Morgan fingerprint density at radius 1 is 1.22 bits per heavy atom. The van der Waals surface area contributed by atoms with Crippen molar-refractivity contribution in [3.05, 3.63) is 0 Å². The molecule has 0 spiro atoms. The Labute approximate surface area is 110 Å². The van der Waals surface area contributed by atoms with Crippen molar-refractivity contribution in [1.29, 1.82) is 5.26 Å². The molecule has 0 aromatic rings. The van der Waals surface area contributed by atoms with Crippen molar-refractivity contribution < 1.29 is 8.42 Å². The summed E-state index contributed by atoms with van der Waals surface area (Å²) in [7, 11) is -3.29. The van der Waals surface area contributed by atoms with Gasteiger partial charge in [0, 0.05) is 0 Å². The molecule has 102 valence electrons. The lowest BCUT2D eigenvalue weighted by Crippen LogP contribution is -2.50. The first kappa shape index (κ1) is 13.8. The number of sulfonamides is 1. The van der Waals surface area contributed by atoms with E-state index in [9.17, 15) is 13.7 Å². The van der Waals surface area contributed by atoms with Crippen LogP contribution in [0, 0.1) is 23.2 Å². The second-order valence-corrected chi connectivity index (χ2v) is 7.64. The van der Waals surface area contributed by atoms with E-state index in [1.807, 2.05) is 0 Å². The molecule has 0 unspecified atom stereocenters. The summed E-state index contributed by atoms with van der Waals surface area (Å²) in [4.78, 5) is 0. The van der Waals surface area contributed by atoms with Crippen LogP contribution in [0.15, 0.2) is 0 Å². The summed E-state index contributed by atoms with van der Waals surface area (Å²) >= 11 is 0. The second kappa shape index (κ2) is 5.18. The molecule has 2 aliphatic carbocycles. The third-order valence-corrected chi connectivity index (χ3v) is 5.86. The molecule has 2 fully saturated rings. The maximum atomic E-state index is 12.0. The average Bonchev–Trinajstić information content (AvgIpc) is 3.12. The van der Waals surface area contributed by atoms with Gasteiger partial charge in [-0.25, -0.2) is 8.42 Å². The maximum Gasteiger partial charge on any atom is 0.213 e. The zero-order chi connectivity index (χ0) is 13.2. The summed E-state index contributed by atoms with van der Waals surface area (Å²) in [5.41, 5.74) is -0.834. The zero-order valence-electron chi connectivity index (χ0n) is 11.0. The molecule has 0 radical (unpaired) electrons. The highest BCUT2D eigenvalue weighted by atomic mass is 32.2. The van der Waals surface area contributed by atoms with Crippen LogP contribution in [0.2, 0.25) is 0 Å². The quantitative estimate of drug-likeness (QED) is 0.832. The monoisotopic (exact) mass is 270 g/mol. The molecule has 0 heterocycles. The van der Waals surface area contributed by atoms with Crippen LogP contribution in [0.25, 0.3) is 0 Å². The zero-order valence-corrected chi connectivity index (χ0v) is 11.8. The molecule has 2 rings (SSSR count). The minimum absolute atomic E-state index is 0.202. The molecule has 2 aliphatic rings. The highest BCUT2D eigenvalue weighted by Gasteiger charge is 2.39. The van der Waals surface area contributed by atoms with Crippen molar-refractivity contribution in [3.63, 3.8) is 0 Å². The van der Waals surface area contributed by atoms with Gasteiger partial charge < -0.3 is 0 Å². The van der Waals surface area contributed by atoms with E-state index in [4.69, 9.17) is 0 Å². The molecule has 5 heteroatoms. The normalized spacial score (nSPS) is 33.0. The second-order valence-electron chi connectivity index (χ2n) is 5.87. The first-order chi connectivity index (χ1) is 8.49. The molecule has 0 atom stereocenters. The van der Waals surface area contributed by atoms with Crippen molar-refractivity contribution in [2.75, 3.05) is 5.75 Å². The van der Waals surface area contributed by atoms with Gasteiger partial charge in [-0.1, -0.05) is 13.3 Å². The number of nitriles is 1. The minimum atomic E-state index is -3.29. The molecule has 4 nitrogen and oxygen atoms in total. The van der Waals surface area contributed by atoms with Crippen molar-refractivity contribution >= 4 is 10.0 Å². The van der Waals surface area contributed by atoms with Crippen LogP contribution in [0.3, 0.4) is 0 Å². The smallest absolute Gasteiger partial charge is 0.212 e. The number of hydrogen-bond donors (Lipinski definition) is 1. The van der Waals surface area contributed by atoms with Crippen molar-refractivity contribution in [3.8, 4) is 6.07 Å². The fraction of sp³-hybridized carbons (Fsp3) is 0.923. The van der Waals surface area contributed by atoms with Crippen LogP contribution in [0.5, 0.6) is 0 Å². The van der Waals surface area contributed by atoms with Gasteiger partial charge in [-0.15, -0.1) is 0 Å². The molecular weight excluding hydrogens is 248 g/mol. The molecule has 1 N–H and O–H groups in total. The highest BCUT2D eigenvalue weighted by Crippen LogP contribution is 2.35. The van der Waals surface area contributed by atoms with E-state index in [2.05, 4.69) is 17.7 Å². The fourth-order valence-corrected chi connectivity index (χ4v) is 4.63. The van der Waals surface area contributed by atoms with Crippen LogP contribution < -0.4 is 4.72 Å². The van der Waals surface area contributed by atoms with Crippen LogP contribution in [0.4, 0.5) is 0 Å². The average molecular weight is 270 g/mol. The third-order valence-electron chi connectivity index (χ3n) is 4.25. The summed E-state index contributed by atoms with van der Waals surface area (Å²) in [6.45, 7) is 2.15. The Hall–Kier alpha value is -0.600. The summed E-state index contributed by atoms with van der Waals surface area (Å²) in [6, 6.07) is 2.22. The van der Waals surface area contributed by atoms with Gasteiger partial charge in [0.1, 0.15) is 5.54 Å². The van der Waals surface area contributed by atoms with Crippen molar-refractivity contribution in [1.82, 2.24) is 4.72 Å². The minimum Gasteiger partial charge on any atom is -0.212 e. The predicted octanol–water partition coefficient (Wildman–Crippen LogP) is 2.18. The van der Waals surface area contributed by atoms with Crippen LogP contribution in [-0.4, -0.2) is 19.7 Å². The van der Waals surface area contributed by atoms with Gasteiger partial charge in [0.15, 0.2) is 0 Å². The van der Waals surface area contributed by atoms with Gasteiger partial charge in [-0.2, -0.15) is 9.98 Å². The fourth-order valence-electron chi connectivity index (χ4n) is 2.75. The number of nitrogens with one attached hydrogen (secondary N) is 1. The molecule has 0 saturated heterocycles. The molecule has 0 aromatic heterocycles. The van der Waals surface area contributed by atoms with E-state index in [0.717, 1.165) is 32.1 Å². The number of hydrogen-bond acceptors (Lipinski definition) is 3. The lowest BCUT2D eigenvalue weighted by atomic mass is 9.77. The van der Waals surface area contributed by atoms with Crippen LogP contribution in [0.1, 0.15) is 51.9 Å². The molecule has 0 aromatic carbocycles. The molecular formula is C13H22N2O2S. The summed E-state index contributed by atoms with van der Waals surface area (Å²) in [5.74, 6) is 1.18. The van der Waals surface area contributed by atoms with Crippen molar-refractivity contribution in [2.24, 2.45) is 11.8 Å². The Morgan fingerprint density at radius 2 is 1.83 bits per heavy atom. The van der Waals surface area contributed by atoms with E-state index in [0.29, 0.717) is 24.7 Å². The van der Waals surface area contributed by atoms with E-state index < -0.39 is 15.6 Å². The van der Waals surface area contributed by atoms with E-state index in [1.54, 1.807) is 0 Å². The Balaban J connectivity index is 1.98. The molecule has 0 aliphatic heterocycles. The molecule has 2 saturated carbocycles. The lowest BCUT2D eigenvalue weighted by molar-refractivity contribution is 0.259. The van der Waals surface area contributed by atoms with Gasteiger partial charge >= 0.3 is 0 Å². The SMILES string of the molecule is CCC1CCC(C#N)(NS(=O)(=O)CC2CC2)CC1. The van der Waals surface area contributed by atoms with Crippen LogP contribution >= 0.6 is 0 Å². The molecule has 18 heavy (non-hydrogen) atoms. The predicted molar refractivity (Wildman–Crippen MR) is 70.2 cm³/mol. The van der Waals surface area contributed by atoms with Gasteiger partial charge in [0.25, 0.3) is 0 Å². The molecule has 0 bridgehead atoms. The van der Waals surface area contributed by atoms with E-state index >= 15 is 0 Å². The Bertz CT molecular complexity index is 426. The lowest BCUT2D eigenvalue weighted by Gasteiger charge is -2.34.